The Labute approximate surface area is 99.8 Å². The highest BCUT2D eigenvalue weighted by atomic mass is 32.1. The van der Waals surface area contributed by atoms with Gasteiger partial charge in [0.25, 0.3) is 0 Å². The molecule has 0 saturated heterocycles. The van der Waals surface area contributed by atoms with Gasteiger partial charge in [0, 0.05) is 5.38 Å². The van der Waals surface area contributed by atoms with Gasteiger partial charge in [0.2, 0.25) is 0 Å². The number of anilines is 1. The number of thiazole rings is 1. The minimum atomic E-state index is -4.50. The van der Waals surface area contributed by atoms with Crippen molar-refractivity contribution in [2.45, 2.75) is 32.5 Å². The summed E-state index contributed by atoms with van der Waals surface area (Å²) in [5.41, 5.74) is -0.715. The second kappa shape index (κ2) is 4.52. The predicted molar refractivity (Wildman–Crippen MR) is 57.0 cm³/mol. The molecule has 0 bridgehead atoms. The fraction of sp³-hybridized carbons (Fsp3) is 0.556. The number of aromatic nitrogens is 1. The van der Waals surface area contributed by atoms with Gasteiger partial charge in [-0.25, -0.2) is 9.78 Å². The highest BCUT2D eigenvalue weighted by Gasteiger charge is 2.34. The van der Waals surface area contributed by atoms with E-state index in [4.69, 9.17) is 4.74 Å². The molecule has 1 heterocycles. The lowest BCUT2D eigenvalue weighted by Gasteiger charge is -2.19. The molecule has 4 nitrogen and oxygen atoms in total. The van der Waals surface area contributed by atoms with Gasteiger partial charge in [0.15, 0.2) is 5.01 Å². The molecule has 17 heavy (non-hydrogen) atoms. The molecule has 0 aliphatic heterocycles. The number of halogens is 3. The molecular formula is C9H11F3N2O2S. The van der Waals surface area contributed by atoms with E-state index in [9.17, 15) is 18.0 Å². The first kappa shape index (κ1) is 13.8. The maximum atomic E-state index is 12.2. The second-order valence-electron chi connectivity index (χ2n) is 4.16. The Kier molecular flexibility index (Phi) is 3.65. The number of nitrogens with zero attached hydrogens (tertiary/aromatic N) is 1. The molecule has 1 rings (SSSR count). The Balaban J connectivity index is 2.65. The van der Waals surface area contributed by atoms with Crippen molar-refractivity contribution in [1.82, 2.24) is 4.98 Å². The first-order valence-corrected chi connectivity index (χ1v) is 5.48. The Bertz CT molecular complexity index is 409. The SMILES string of the molecule is CC(C)(C)OC(=O)Nc1csc(C(F)(F)F)n1. The molecule has 0 aliphatic carbocycles. The normalized spacial score (nSPS) is 12.4. The lowest BCUT2D eigenvalue weighted by atomic mass is 10.2. The molecule has 96 valence electrons. The zero-order valence-corrected chi connectivity index (χ0v) is 10.2. The van der Waals surface area contributed by atoms with Crippen molar-refractivity contribution >= 4 is 23.2 Å². The van der Waals surface area contributed by atoms with Crippen molar-refractivity contribution in [3.8, 4) is 0 Å². The van der Waals surface area contributed by atoms with E-state index < -0.39 is 22.9 Å². The smallest absolute Gasteiger partial charge is 0.443 e. The third-order valence-electron chi connectivity index (χ3n) is 1.38. The number of carbonyl (C=O) groups is 1. The summed E-state index contributed by atoms with van der Waals surface area (Å²) in [6.45, 7) is 4.94. The van der Waals surface area contributed by atoms with E-state index >= 15 is 0 Å². The van der Waals surface area contributed by atoms with E-state index in [2.05, 4.69) is 10.3 Å². The molecule has 1 N–H and O–H groups in total. The van der Waals surface area contributed by atoms with Gasteiger partial charge in [-0.1, -0.05) is 0 Å². The van der Waals surface area contributed by atoms with Crippen LogP contribution in [0.15, 0.2) is 5.38 Å². The third kappa shape index (κ3) is 4.59. The number of nitrogens with one attached hydrogen (secondary N) is 1. The van der Waals surface area contributed by atoms with Crippen molar-refractivity contribution in [3.63, 3.8) is 0 Å². The van der Waals surface area contributed by atoms with Crippen molar-refractivity contribution in [2.24, 2.45) is 0 Å². The van der Waals surface area contributed by atoms with Gasteiger partial charge in [0.1, 0.15) is 11.4 Å². The highest BCUT2D eigenvalue weighted by Crippen LogP contribution is 2.32. The van der Waals surface area contributed by atoms with Crippen LogP contribution in [0.3, 0.4) is 0 Å². The summed E-state index contributed by atoms with van der Waals surface area (Å²) < 4.78 is 41.5. The van der Waals surface area contributed by atoms with Crippen LogP contribution < -0.4 is 5.32 Å². The molecule has 0 fully saturated rings. The zero-order valence-electron chi connectivity index (χ0n) is 9.38. The average Bonchev–Trinajstić information content (AvgIpc) is 2.47. The topological polar surface area (TPSA) is 51.2 Å². The van der Waals surface area contributed by atoms with Crippen LogP contribution in [-0.4, -0.2) is 16.7 Å². The highest BCUT2D eigenvalue weighted by molar-refractivity contribution is 7.10. The molecule has 0 spiro atoms. The predicted octanol–water partition coefficient (Wildman–Crippen LogP) is 3.51. The lowest BCUT2D eigenvalue weighted by Crippen LogP contribution is -2.27. The minimum absolute atomic E-state index is 0.170. The molecule has 1 amide bonds. The van der Waals surface area contributed by atoms with Crippen molar-refractivity contribution in [2.75, 3.05) is 5.32 Å². The summed E-state index contributed by atoms with van der Waals surface area (Å²) in [6, 6.07) is 0. The molecular weight excluding hydrogens is 257 g/mol. The summed E-state index contributed by atoms with van der Waals surface area (Å²) in [4.78, 5) is 14.5. The van der Waals surface area contributed by atoms with E-state index in [-0.39, 0.29) is 5.82 Å². The fourth-order valence-electron chi connectivity index (χ4n) is 0.870. The first-order chi connectivity index (χ1) is 7.58. The van der Waals surface area contributed by atoms with E-state index in [0.717, 1.165) is 5.38 Å². The Morgan fingerprint density at radius 1 is 1.41 bits per heavy atom. The van der Waals surface area contributed by atoms with E-state index in [1.54, 1.807) is 20.8 Å². The molecule has 0 unspecified atom stereocenters. The van der Waals surface area contributed by atoms with Crippen LogP contribution in [0.5, 0.6) is 0 Å². The summed E-state index contributed by atoms with van der Waals surface area (Å²) in [6.07, 6.45) is -5.34. The van der Waals surface area contributed by atoms with Gasteiger partial charge in [-0.15, -0.1) is 11.3 Å². The van der Waals surface area contributed by atoms with Crippen LogP contribution in [-0.2, 0) is 10.9 Å². The Hall–Kier alpha value is -1.31. The van der Waals surface area contributed by atoms with Crippen molar-refractivity contribution < 1.29 is 22.7 Å². The lowest BCUT2D eigenvalue weighted by molar-refractivity contribution is -0.137. The zero-order chi connectivity index (χ0) is 13.3. The number of hydrogen-bond acceptors (Lipinski definition) is 4. The van der Waals surface area contributed by atoms with Crippen LogP contribution >= 0.6 is 11.3 Å². The number of alkyl halides is 3. The molecule has 0 aliphatic rings. The van der Waals surface area contributed by atoms with Gasteiger partial charge < -0.3 is 4.74 Å². The van der Waals surface area contributed by atoms with Crippen LogP contribution in [0.1, 0.15) is 25.8 Å². The molecule has 1 aromatic rings. The van der Waals surface area contributed by atoms with Crippen LogP contribution in [0.25, 0.3) is 0 Å². The molecule has 0 atom stereocenters. The monoisotopic (exact) mass is 268 g/mol. The van der Waals surface area contributed by atoms with Crippen LogP contribution in [0.2, 0.25) is 0 Å². The maximum absolute atomic E-state index is 12.2. The van der Waals surface area contributed by atoms with Crippen molar-refractivity contribution in [3.05, 3.63) is 10.4 Å². The van der Waals surface area contributed by atoms with Crippen molar-refractivity contribution in [1.29, 1.82) is 0 Å². The number of carbonyl (C=O) groups excluding carboxylic acids is 1. The van der Waals surface area contributed by atoms with Gasteiger partial charge in [-0.3, -0.25) is 5.32 Å². The molecule has 0 aromatic carbocycles. The second-order valence-corrected chi connectivity index (χ2v) is 5.02. The summed E-state index contributed by atoms with van der Waals surface area (Å²) in [5.74, 6) is -0.170. The van der Waals surface area contributed by atoms with Crippen LogP contribution in [0.4, 0.5) is 23.8 Å². The first-order valence-electron chi connectivity index (χ1n) is 4.61. The van der Waals surface area contributed by atoms with E-state index in [1.165, 1.54) is 0 Å². The standard InChI is InChI=1S/C9H11F3N2O2S/c1-8(2,3)16-7(15)14-5-4-17-6(13-5)9(10,11)12/h4H,1-3H3,(H,14,15). The number of hydrogen-bond donors (Lipinski definition) is 1. The molecule has 0 saturated carbocycles. The van der Waals surface area contributed by atoms with Crippen LogP contribution in [0, 0.1) is 0 Å². The molecule has 1 aromatic heterocycles. The third-order valence-corrected chi connectivity index (χ3v) is 2.26. The van der Waals surface area contributed by atoms with Gasteiger partial charge in [-0.05, 0) is 20.8 Å². The number of amides is 1. The van der Waals surface area contributed by atoms with Gasteiger partial charge in [-0.2, -0.15) is 13.2 Å². The Morgan fingerprint density at radius 3 is 2.41 bits per heavy atom. The van der Waals surface area contributed by atoms with Gasteiger partial charge in [0.05, 0.1) is 0 Å². The maximum Gasteiger partial charge on any atom is 0.443 e. The summed E-state index contributed by atoms with van der Waals surface area (Å²) in [5, 5.41) is 2.22. The Morgan fingerprint density at radius 2 is 2.00 bits per heavy atom. The van der Waals surface area contributed by atoms with E-state index in [0.29, 0.717) is 11.3 Å². The minimum Gasteiger partial charge on any atom is -0.444 e. The number of rotatable bonds is 1. The fourth-order valence-corrected chi connectivity index (χ4v) is 1.49. The quantitative estimate of drug-likeness (QED) is 0.848. The number of ether oxygens (including phenoxy) is 1. The molecule has 0 radical (unpaired) electrons. The average molecular weight is 268 g/mol. The van der Waals surface area contributed by atoms with Gasteiger partial charge >= 0.3 is 12.3 Å². The van der Waals surface area contributed by atoms with E-state index in [1.807, 2.05) is 0 Å². The molecule has 8 heteroatoms. The summed E-state index contributed by atoms with van der Waals surface area (Å²) >= 11 is 0.410. The summed E-state index contributed by atoms with van der Waals surface area (Å²) in [7, 11) is 0. The largest absolute Gasteiger partial charge is 0.444 e.